The molecule has 104 valence electrons. The average Bonchev–Trinajstić information content (AvgIpc) is 2.48. The minimum Gasteiger partial charge on any atom is -0.348 e. The van der Waals surface area contributed by atoms with Crippen LogP contribution in [0.25, 0.3) is 0 Å². The van der Waals surface area contributed by atoms with Crippen LogP contribution in [0.1, 0.15) is 27.0 Å². The zero-order valence-corrected chi connectivity index (χ0v) is 12.9. The van der Waals surface area contributed by atoms with Crippen LogP contribution in [0.2, 0.25) is 0 Å². The van der Waals surface area contributed by atoms with Crippen molar-refractivity contribution in [3.8, 4) is 0 Å². The van der Waals surface area contributed by atoms with Crippen LogP contribution in [0.5, 0.6) is 0 Å². The number of rotatable bonds is 4. The summed E-state index contributed by atoms with van der Waals surface area (Å²) in [5.41, 5.74) is 9.41. The first-order valence-corrected chi connectivity index (χ1v) is 7.21. The van der Waals surface area contributed by atoms with Gasteiger partial charge in [0, 0.05) is 23.1 Å². The smallest absolute Gasteiger partial charge is 0.251 e. The number of carbonyl (C=O) groups is 1. The van der Waals surface area contributed by atoms with E-state index in [9.17, 15) is 4.79 Å². The van der Waals surface area contributed by atoms with Crippen molar-refractivity contribution in [1.29, 1.82) is 0 Å². The van der Waals surface area contributed by atoms with Crippen molar-refractivity contribution in [3.05, 3.63) is 69.2 Å². The number of aryl methyl sites for hydroxylation is 1. The Hall–Kier alpha value is -1.65. The van der Waals surface area contributed by atoms with Crippen molar-refractivity contribution in [3.63, 3.8) is 0 Å². The predicted molar refractivity (Wildman–Crippen MR) is 84.4 cm³/mol. The maximum Gasteiger partial charge on any atom is 0.251 e. The molecule has 0 bridgehead atoms. The highest BCUT2D eigenvalue weighted by atomic mass is 79.9. The molecule has 2 aromatic rings. The Kier molecular flexibility index (Phi) is 4.93. The molecule has 0 aliphatic heterocycles. The number of halogens is 1. The molecule has 3 nitrogen and oxygen atoms in total. The van der Waals surface area contributed by atoms with Gasteiger partial charge in [-0.15, -0.1) is 0 Å². The van der Waals surface area contributed by atoms with Gasteiger partial charge in [-0.1, -0.05) is 40.2 Å². The zero-order chi connectivity index (χ0) is 14.5. The molecule has 1 amide bonds. The van der Waals surface area contributed by atoms with Gasteiger partial charge >= 0.3 is 0 Å². The molecular formula is C16H17BrN2O. The number of carbonyl (C=O) groups excluding carboxylic acids is 1. The molecule has 0 aliphatic rings. The molecule has 0 saturated carbocycles. The van der Waals surface area contributed by atoms with Gasteiger partial charge in [0.1, 0.15) is 0 Å². The molecule has 0 aromatic heterocycles. The monoisotopic (exact) mass is 332 g/mol. The largest absolute Gasteiger partial charge is 0.348 e. The van der Waals surface area contributed by atoms with E-state index in [2.05, 4.69) is 21.2 Å². The quantitative estimate of drug-likeness (QED) is 0.903. The van der Waals surface area contributed by atoms with Crippen molar-refractivity contribution in [2.45, 2.75) is 20.0 Å². The summed E-state index contributed by atoms with van der Waals surface area (Å²) in [7, 11) is 0. The molecule has 0 saturated heterocycles. The highest BCUT2D eigenvalue weighted by Crippen LogP contribution is 2.17. The van der Waals surface area contributed by atoms with Gasteiger partial charge in [-0.25, -0.2) is 0 Å². The summed E-state index contributed by atoms with van der Waals surface area (Å²) < 4.78 is 1.01. The minimum atomic E-state index is -0.0662. The summed E-state index contributed by atoms with van der Waals surface area (Å²) in [6.45, 7) is 3.01. The van der Waals surface area contributed by atoms with Crippen molar-refractivity contribution in [1.82, 2.24) is 5.32 Å². The summed E-state index contributed by atoms with van der Waals surface area (Å²) in [5.74, 6) is -0.0662. The van der Waals surface area contributed by atoms with Crippen LogP contribution < -0.4 is 11.1 Å². The fourth-order valence-corrected chi connectivity index (χ4v) is 2.11. The lowest BCUT2D eigenvalue weighted by Crippen LogP contribution is -2.22. The van der Waals surface area contributed by atoms with E-state index in [-0.39, 0.29) is 5.91 Å². The van der Waals surface area contributed by atoms with Gasteiger partial charge in [0.2, 0.25) is 0 Å². The Morgan fingerprint density at radius 1 is 1.15 bits per heavy atom. The molecule has 4 heteroatoms. The molecule has 0 spiro atoms. The standard InChI is InChI=1S/C16H17BrN2O/c1-11-8-14(6-7-15(11)17)16(20)19-10-13-4-2-12(9-18)3-5-13/h2-8H,9-10,18H2,1H3,(H,19,20). The first kappa shape index (κ1) is 14.8. The van der Waals surface area contributed by atoms with Gasteiger partial charge in [0.25, 0.3) is 5.91 Å². The van der Waals surface area contributed by atoms with Gasteiger partial charge < -0.3 is 11.1 Å². The molecule has 3 N–H and O–H groups in total. The van der Waals surface area contributed by atoms with E-state index in [0.717, 1.165) is 21.2 Å². The van der Waals surface area contributed by atoms with E-state index >= 15 is 0 Å². The van der Waals surface area contributed by atoms with Crippen LogP contribution in [0, 0.1) is 6.92 Å². The van der Waals surface area contributed by atoms with Gasteiger partial charge in [0.15, 0.2) is 0 Å². The van der Waals surface area contributed by atoms with E-state index < -0.39 is 0 Å². The summed E-state index contributed by atoms with van der Waals surface area (Å²) in [6.07, 6.45) is 0. The summed E-state index contributed by atoms with van der Waals surface area (Å²) in [6, 6.07) is 13.5. The van der Waals surface area contributed by atoms with Gasteiger partial charge in [0.05, 0.1) is 0 Å². The van der Waals surface area contributed by atoms with Crippen LogP contribution in [0.3, 0.4) is 0 Å². The summed E-state index contributed by atoms with van der Waals surface area (Å²) in [4.78, 5) is 12.1. The fourth-order valence-electron chi connectivity index (χ4n) is 1.86. The first-order valence-electron chi connectivity index (χ1n) is 6.42. The fraction of sp³-hybridized carbons (Fsp3) is 0.188. The molecule has 0 unspecified atom stereocenters. The number of nitrogens with one attached hydrogen (secondary N) is 1. The Labute approximate surface area is 127 Å². The van der Waals surface area contributed by atoms with Gasteiger partial charge in [-0.05, 0) is 41.8 Å². The molecule has 2 rings (SSSR count). The molecule has 0 fully saturated rings. The third kappa shape index (κ3) is 3.68. The zero-order valence-electron chi connectivity index (χ0n) is 11.3. The van der Waals surface area contributed by atoms with Crippen molar-refractivity contribution in [2.24, 2.45) is 5.73 Å². The number of nitrogens with two attached hydrogens (primary N) is 1. The lowest BCUT2D eigenvalue weighted by molar-refractivity contribution is 0.0951. The Morgan fingerprint density at radius 3 is 2.40 bits per heavy atom. The van der Waals surface area contributed by atoms with Crippen molar-refractivity contribution >= 4 is 21.8 Å². The molecule has 0 atom stereocenters. The van der Waals surface area contributed by atoms with Gasteiger partial charge in [-0.3, -0.25) is 4.79 Å². The summed E-state index contributed by atoms with van der Waals surface area (Å²) in [5, 5.41) is 2.91. The second-order valence-electron chi connectivity index (χ2n) is 4.67. The van der Waals surface area contributed by atoms with E-state index in [1.165, 1.54) is 0 Å². The molecule has 0 aliphatic carbocycles. The van der Waals surface area contributed by atoms with Crippen LogP contribution >= 0.6 is 15.9 Å². The van der Waals surface area contributed by atoms with Crippen molar-refractivity contribution < 1.29 is 4.79 Å². The highest BCUT2D eigenvalue weighted by Gasteiger charge is 2.06. The molecule has 2 aromatic carbocycles. The van der Waals surface area contributed by atoms with E-state index in [4.69, 9.17) is 5.73 Å². The lowest BCUT2D eigenvalue weighted by Gasteiger charge is -2.07. The van der Waals surface area contributed by atoms with Crippen molar-refractivity contribution in [2.75, 3.05) is 0 Å². The van der Waals surface area contributed by atoms with Crippen LogP contribution in [-0.2, 0) is 13.1 Å². The third-order valence-electron chi connectivity index (χ3n) is 3.13. The highest BCUT2D eigenvalue weighted by molar-refractivity contribution is 9.10. The first-order chi connectivity index (χ1) is 9.60. The summed E-state index contributed by atoms with van der Waals surface area (Å²) >= 11 is 3.43. The van der Waals surface area contributed by atoms with E-state index in [1.54, 1.807) is 0 Å². The molecule has 0 heterocycles. The Bertz CT molecular complexity index is 608. The molecule has 20 heavy (non-hydrogen) atoms. The van der Waals surface area contributed by atoms with Crippen LogP contribution in [0.4, 0.5) is 0 Å². The normalized spacial score (nSPS) is 10.3. The Balaban J connectivity index is 1.98. The maximum atomic E-state index is 12.1. The number of benzene rings is 2. The topological polar surface area (TPSA) is 55.1 Å². The van der Waals surface area contributed by atoms with Crippen LogP contribution in [-0.4, -0.2) is 5.91 Å². The minimum absolute atomic E-state index is 0.0662. The molecule has 0 radical (unpaired) electrons. The lowest BCUT2D eigenvalue weighted by atomic mass is 10.1. The van der Waals surface area contributed by atoms with Gasteiger partial charge in [-0.2, -0.15) is 0 Å². The number of hydrogen-bond acceptors (Lipinski definition) is 2. The maximum absolute atomic E-state index is 12.1. The third-order valence-corrected chi connectivity index (χ3v) is 4.02. The number of hydrogen-bond donors (Lipinski definition) is 2. The molecular weight excluding hydrogens is 316 g/mol. The Morgan fingerprint density at radius 2 is 1.80 bits per heavy atom. The van der Waals surface area contributed by atoms with Crippen LogP contribution in [0.15, 0.2) is 46.9 Å². The average molecular weight is 333 g/mol. The van der Waals surface area contributed by atoms with E-state index in [1.807, 2.05) is 49.4 Å². The second kappa shape index (κ2) is 6.68. The second-order valence-corrected chi connectivity index (χ2v) is 5.52. The predicted octanol–water partition coefficient (Wildman–Crippen LogP) is 3.15. The SMILES string of the molecule is Cc1cc(C(=O)NCc2ccc(CN)cc2)ccc1Br. The number of amides is 1. The van der Waals surface area contributed by atoms with E-state index in [0.29, 0.717) is 18.7 Å².